The number of aromatic hydroxyl groups is 1. The van der Waals surface area contributed by atoms with Crippen LogP contribution in [0, 0.1) is 0 Å². The minimum atomic E-state index is -2.14. The first-order chi connectivity index (χ1) is 12.1. The molecule has 2 aromatic carbocycles. The fraction of sp³-hybridized carbons (Fsp3) is 0.300. The number of phenols is 1. The van der Waals surface area contributed by atoms with Crippen molar-refractivity contribution in [2.45, 2.75) is 38.5 Å². The van der Waals surface area contributed by atoms with Crippen LogP contribution in [0.5, 0.6) is 5.75 Å². The van der Waals surface area contributed by atoms with Gasteiger partial charge in [-0.3, -0.25) is 0 Å². The second kappa shape index (κ2) is 7.58. The van der Waals surface area contributed by atoms with Crippen LogP contribution in [0.3, 0.4) is 0 Å². The molecule has 0 bridgehead atoms. The van der Waals surface area contributed by atoms with Crippen molar-refractivity contribution in [2.24, 2.45) is 5.73 Å². The molecule has 0 aromatic heterocycles. The van der Waals surface area contributed by atoms with E-state index in [2.05, 4.69) is 0 Å². The van der Waals surface area contributed by atoms with Crippen LogP contribution in [0.25, 0.3) is 0 Å². The summed E-state index contributed by atoms with van der Waals surface area (Å²) in [5, 5.41) is 9.46. The summed E-state index contributed by atoms with van der Waals surface area (Å²) in [6.45, 7) is 5.01. The molecular formula is C20H23NO5. The van der Waals surface area contributed by atoms with Crippen LogP contribution in [0.2, 0.25) is 0 Å². The van der Waals surface area contributed by atoms with Crippen LogP contribution >= 0.6 is 0 Å². The van der Waals surface area contributed by atoms with Crippen LogP contribution in [0.1, 0.15) is 31.9 Å². The molecule has 0 heterocycles. The Morgan fingerprint density at radius 1 is 0.962 bits per heavy atom. The summed E-state index contributed by atoms with van der Waals surface area (Å²) in [5.74, 6) is -1.87. The molecule has 0 aliphatic carbocycles. The van der Waals surface area contributed by atoms with Crippen molar-refractivity contribution in [3.8, 4) is 5.75 Å². The Labute approximate surface area is 152 Å². The number of hydrogen-bond donors (Lipinski definition) is 2. The van der Waals surface area contributed by atoms with Gasteiger partial charge in [0, 0.05) is 0 Å². The molecule has 0 fully saturated rings. The summed E-state index contributed by atoms with van der Waals surface area (Å²) >= 11 is 0. The molecule has 0 aliphatic rings. The number of carbonyl (C=O) groups excluding carboxylic acids is 2. The fourth-order valence-corrected chi connectivity index (χ4v) is 2.24. The topological polar surface area (TPSA) is 98.9 Å². The summed E-state index contributed by atoms with van der Waals surface area (Å²) in [4.78, 5) is 25.4. The lowest BCUT2D eigenvalue weighted by Gasteiger charge is -2.30. The number of hydrogen-bond acceptors (Lipinski definition) is 6. The van der Waals surface area contributed by atoms with Crippen LogP contribution in [0.4, 0.5) is 0 Å². The zero-order chi connectivity index (χ0) is 19.4. The molecule has 0 spiro atoms. The Kier molecular flexibility index (Phi) is 5.67. The highest BCUT2D eigenvalue weighted by atomic mass is 16.6. The maximum atomic E-state index is 12.7. The van der Waals surface area contributed by atoms with E-state index in [4.69, 9.17) is 15.2 Å². The van der Waals surface area contributed by atoms with Gasteiger partial charge >= 0.3 is 11.9 Å². The Morgan fingerprint density at radius 2 is 1.54 bits per heavy atom. The smallest absolute Gasteiger partial charge is 0.343 e. The molecular weight excluding hydrogens is 334 g/mol. The van der Waals surface area contributed by atoms with Crippen LogP contribution in [-0.2, 0) is 31.2 Å². The number of carbonyl (C=O) groups is 2. The SMILES string of the molecule is CC(C)(C)OC(=O)[C@@](N)(C(=O)OCc1ccccc1)c1ccc(O)cc1. The molecule has 0 amide bonds. The van der Waals surface area contributed by atoms with Gasteiger partial charge in [0.05, 0.1) is 0 Å². The van der Waals surface area contributed by atoms with Gasteiger partial charge in [-0.25, -0.2) is 9.59 Å². The maximum absolute atomic E-state index is 12.7. The van der Waals surface area contributed by atoms with Gasteiger partial charge in [0.25, 0.3) is 0 Å². The van der Waals surface area contributed by atoms with Crippen molar-refractivity contribution < 1.29 is 24.2 Å². The van der Waals surface area contributed by atoms with Gasteiger partial charge in [-0.05, 0) is 44.0 Å². The third-order valence-corrected chi connectivity index (χ3v) is 3.58. The largest absolute Gasteiger partial charge is 0.508 e. The lowest BCUT2D eigenvalue weighted by Crippen LogP contribution is -2.55. The van der Waals surface area contributed by atoms with E-state index in [1.165, 1.54) is 24.3 Å². The second-order valence-electron chi connectivity index (χ2n) is 6.92. The molecule has 1 atom stereocenters. The second-order valence-corrected chi connectivity index (χ2v) is 6.92. The summed E-state index contributed by atoms with van der Waals surface area (Å²) in [6, 6.07) is 14.5. The average molecular weight is 357 g/mol. The van der Waals surface area contributed by atoms with Gasteiger partial charge < -0.3 is 20.3 Å². The lowest BCUT2D eigenvalue weighted by molar-refractivity contribution is -0.173. The number of rotatable bonds is 5. The van der Waals surface area contributed by atoms with Gasteiger partial charge in [-0.1, -0.05) is 42.5 Å². The first-order valence-corrected chi connectivity index (χ1v) is 8.16. The quantitative estimate of drug-likeness (QED) is 0.630. The van der Waals surface area contributed by atoms with Crippen molar-refractivity contribution in [3.63, 3.8) is 0 Å². The molecule has 138 valence electrons. The first-order valence-electron chi connectivity index (χ1n) is 8.16. The predicted octanol–water partition coefficient (Wildman–Crippen LogP) is 2.63. The standard InChI is InChI=1S/C20H23NO5/c1-19(2,3)26-18(24)20(21,15-9-11-16(22)12-10-15)17(23)25-13-14-7-5-4-6-8-14/h4-12,22H,13,21H2,1-3H3/t20-/m0/s1. The normalized spacial score (nSPS) is 13.5. The van der Waals surface area contributed by atoms with Crippen LogP contribution in [-0.4, -0.2) is 22.6 Å². The van der Waals surface area contributed by atoms with E-state index in [-0.39, 0.29) is 17.9 Å². The molecule has 0 saturated heterocycles. The van der Waals surface area contributed by atoms with Crippen molar-refractivity contribution in [3.05, 3.63) is 65.7 Å². The highest BCUT2D eigenvalue weighted by Gasteiger charge is 2.48. The number of nitrogens with two attached hydrogens (primary N) is 1. The first kappa shape index (κ1) is 19.5. The van der Waals surface area contributed by atoms with Gasteiger partial charge in [-0.2, -0.15) is 0 Å². The van der Waals surface area contributed by atoms with Gasteiger partial charge in [0.1, 0.15) is 18.0 Å². The van der Waals surface area contributed by atoms with E-state index in [1.54, 1.807) is 32.9 Å². The van der Waals surface area contributed by atoms with Gasteiger partial charge in [-0.15, -0.1) is 0 Å². The molecule has 2 aromatic rings. The van der Waals surface area contributed by atoms with E-state index in [0.29, 0.717) is 0 Å². The average Bonchev–Trinajstić information content (AvgIpc) is 2.59. The third-order valence-electron chi connectivity index (χ3n) is 3.58. The van der Waals surface area contributed by atoms with E-state index in [1.807, 2.05) is 18.2 Å². The zero-order valence-corrected chi connectivity index (χ0v) is 15.1. The summed E-state index contributed by atoms with van der Waals surface area (Å²) in [6.07, 6.45) is 0. The van der Waals surface area contributed by atoms with Crippen molar-refractivity contribution in [1.82, 2.24) is 0 Å². The minimum Gasteiger partial charge on any atom is -0.508 e. The molecule has 0 radical (unpaired) electrons. The molecule has 0 unspecified atom stereocenters. The molecule has 0 saturated carbocycles. The van der Waals surface area contributed by atoms with Gasteiger partial charge in [0.15, 0.2) is 0 Å². The Bertz CT molecular complexity index is 765. The van der Waals surface area contributed by atoms with E-state index < -0.39 is 23.1 Å². The minimum absolute atomic E-state index is 0.0158. The monoisotopic (exact) mass is 357 g/mol. The molecule has 6 nitrogen and oxygen atoms in total. The number of phenolic OH excluding ortho intramolecular Hbond substituents is 1. The number of ether oxygens (including phenoxy) is 2. The molecule has 3 N–H and O–H groups in total. The van der Waals surface area contributed by atoms with Gasteiger partial charge in [0.2, 0.25) is 5.54 Å². The lowest BCUT2D eigenvalue weighted by atomic mass is 9.90. The third kappa shape index (κ3) is 4.61. The van der Waals surface area contributed by atoms with E-state index in [0.717, 1.165) is 5.56 Å². The summed E-state index contributed by atoms with van der Waals surface area (Å²) in [5.41, 5.74) is 4.15. The Morgan fingerprint density at radius 3 is 2.08 bits per heavy atom. The van der Waals surface area contributed by atoms with Crippen LogP contribution < -0.4 is 5.73 Å². The molecule has 6 heteroatoms. The molecule has 0 aliphatic heterocycles. The van der Waals surface area contributed by atoms with Crippen molar-refractivity contribution in [1.29, 1.82) is 0 Å². The maximum Gasteiger partial charge on any atom is 0.343 e. The molecule has 26 heavy (non-hydrogen) atoms. The van der Waals surface area contributed by atoms with Crippen molar-refractivity contribution >= 4 is 11.9 Å². The van der Waals surface area contributed by atoms with Crippen molar-refractivity contribution in [2.75, 3.05) is 0 Å². The fourth-order valence-electron chi connectivity index (χ4n) is 2.24. The van der Waals surface area contributed by atoms with E-state index in [9.17, 15) is 14.7 Å². The summed E-state index contributed by atoms with van der Waals surface area (Å²) < 4.78 is 10.6. The van der Waals surface area contributed by atoms with Crippen LogP contribution in [0.15, 0.2) is 54.6 Å². The highest BCUT2D eigenvalue weighted by molar-refractivity contribution is 6.05. The summed E-state index contributed by atoms with van der Waals surface area (Å²) in [7, 11) is 0. The predicted molar refractivity (Wildman–Crippen MR) is 96.1 cm³/mol. The number of esters is 2. The Hall–Kier alpha value is -2.86. The molecule has 2 rings (SSSR count). The Balaban J connectivity index is 2.31. The highest BCUT2D eigenvalue weighted by Crippen LogP contribution is 2.26. The van der Waals surface area contributed by atoms with E-state index >= 15 is 0 Å². The number of benzene rings is 2. The zero-order valence-electron chi connectivity index (χ0n) is 15.1.